The van der Waals surface area contributed by atoms with E-state index >= 15 is 0 Å². The Hall–Kier alpha value is -3.44. The van der Waals surface area contributed by atoms with E-state index in [1.807, 2.05) is 6.92 Å². The van der Waals surface area contributed by atoms with E-state index in [0.29, 0.717) is 18.6 Å². The van der Waals surface area contributed by atoms with Crippen molar-refractivity contribution < 1.29 is 33.1 Å². The van der Waals surface area contributed by atoms with Gasteiger partial charge in [0.1, 0.15) is 18.4 Å². The highest BCUT2D eigenvalue weighted by Gasteiger charge is 2.40. The van der Waals surface area contributed by atoms with Crippen LogP contribution in [-0.4, -0.2) is 53.5 Å². The normalized spacial score (nSPS) is 16.3. The van der Waals surface area contributed by atoms with Crippen LogP contribution >= 0.6 is 11.6 Å². The minimum absolute atomic E-state index is 0.0143. The van der Waals surface area contributed by atoms with E-state index in [4.69, 9.17) is 22.2 Å². The lowest BCUT2D eigenvalue weighted by molar-refractivity contribution is -0.154. The molecule has 12 heteroatoms. The maximum absolute atomic E-state index is 12.8. The van der Waals surface area contributed by atoms with Crippen LogP contribution < -0.4 is 15.8 Å². The SMILES string of the molecule is CCCO/N=C(/N)c1ccc(CNC(=O)C2CCN2C(=O)C(O)c2cc(Cl)cc(OC(F)F)c2)cc1. The Labute approximate surface area is 211 Å². The Morgan fingerprint density at radius 1 is 1.28 bits per heavy atom. The maximum atomic E-state index is 12.8. The van der Waals surface area contributed by atoms with E-state index in [0.717, 1.165) is 24.1 Å². The largest absolute Gasteiger partial charge is 0.435 e. The Kier molecular flexibility index (Phi) is 9.43. The van der Waals surface area contributed by atoms with Gasteiger partial charge >= 0.3 is 6.61 Å². The fourth-order valence-electron chi connectivity index (χ4n) is 3.50. The molecule has 2 aromatic rings. The van der Waals surface area contributed by atoms with Gasteiger partial charge in [-0.05, 0) is 42.2 Å². The van der Waals surface area contributed by atoms with Crippen LogP contribution in [0.15, 0.2) is 47.6 Å². The summed E-state index contributed by atoms with van der Waals surface area (Å²) in [5, 5.41) is 17.1. The van der Waals surface area contributed by atoms with E-state index in [1.54, 1.807) is 24.3 Å². The van der Waals surface area contributed by atoms with Gasteiger partial charge in [-0.25, -0.2) is 0 Å². The number of carbonyl (C=O) groups excluding carboxylic acids is 2. The van der Waals surface area contributed by atoms with Crippen molar-refractivity contribution in [3.05, 3.63) is 64.2 Å². The molecule has 0 bridgehead atoms. The quantitative estimate of drug-likeness (QED) is 0.179. The zero-order valence-electron chi connectivity index (χ0n) is 19.5. The molecule has 2 atom stereocenters. The third-order valence-electron chi connectivity index (χ3n) is 5.45. The number of aliphatic hydroxyl groups excluding tert-OH is 1. The van der Waals surface area contributed by atoms with E-state index in [9.17, 15) is 23.5 Å². The molecule has 0 saturated carbocycles. The van der Waals surface area contributed by atoms with Gasteiger partial charge in [-0.3, -0.25) is 9.59 Å². The van der Waals surface area contributed by atoms with Gasteiger partial charge in [0.15, 0.2) is 11.9 Å². The summed E-state index contributed by atoms with van der Waals surface area (Å²) in [5.41, 5.74) is 7.33. The molecule has 2 amide bonds. The molecule has 1 aliphatic rings. The number of nitrogens with one attached hydrogen (secondary N) is 1. The number of rotatable bonds is 11. The number of aliphatic hydroxyl groups is 1. The average molecular weight is 525 g/mol. The van der Waals surface area contributed by atoms with E-state index in [-0.39, 0.29) is 41.2 Å². The molecule has 1 aliphatic heterocycles. The van der Waals surface area contributed by atoms with E-state index in [1.165, 1.54) is 11.0 Å². The summed E-state index contributed by atoms with van der Waals surface area (Å²) >= 11 is 5.90. The molecule has 194 valence electrons. The molecule has 4 N–H and O–H groups in total. The second-order valence-electron chi connectivity index (χ2n) is 8.06. The number of hydrogen-bond donors (Lipinski definition) is 3. The van der Waals surface area contributed by atoms with Crippen LogP contribution in [0.5, 0.6) is 5.75 Å². The molecule has 0 aromatic heterocycles. The van der Waals surface area contributed by atoms with Crippen LogP contribution in [0.25, 0.3) is 0 Å². The van der Waals surface area contributed by atoms with Crippen molar-refractivity contribution in [3.8, 4) is 5.75 Å². The van der Waals surface area contributed by atoms with Gasteiger partial charge in [-0.2, -0.15) is 8.78 Å². The van der Waals surface area contributed by atoms with Gasteiger partial charge in [0.2, 0.25) is 5.91 Å². The Bertz CT molecular complexity index is 1100. The summed E-state index contributed by atoms with van der Waals surface area (Å²) in [6, 6.07) is 9.82. The number of carbonyl (C=O) groups is 2. The minimum atomic E-state index is -3.09. The molecule has 36 heavy (non-hydrogen) atoms. The topological polar surface area (TPSA) is 126 Å². The first kappa shape index (κ1) is 27.2. The van der Waals surface area contributed by atoms with Crippen molar-refractivity contribution in [1.29, 1.82) is 0 Å². The van der Waals surface area contributed by atoms with Gasteiger partial charge in [0, 0.05) is 23.7 Å². The predicted molar refractivity (Wildman–Crippen MR) is 128 cm³/mol. The summed E-state index contributed by atoms with van der Waals surface area (Å²) in [6.07, 6.45) is -0.459. The average Bonchev–Trinajstić information content (AvgIpc) is 2.81. The monoisotopic (exact) mass is 524 g/mol. The lowest BCUT2D eigenvalue weighted by Crippen LogP contribution is -2.59. The van der Waals surface area contributed by atoms with Crippen LogP contribution in [0.3, 0.4) is 0 Å². The van der Waals surface area contributed by atoms with Crippen LogP contribution in [0.4, 0.5) is 8.78 Å². The summed E-state index contributed by atoms with van der Waals surface area (Å²) in [4.78, 5) is 31.7. The summed E-state index contributed by atoms with van der Waals surface area (Å²) in [5.74, 6) is -1.16. The van der Waals surface area contributed by atoms with Crippen LogP contribution in [0.1, 0.15) is 42.6 Å². The third-order valence-corrected chi connectivity index (χ3v) is 5.67. The molecule has 1 fully saturated rings. The van der Waals surface area contributed by atoms with Gasteiger partial charge in [0.05, 0.1) is 0 Å². The fraction of sp³-hybridized carbons (Fsp3) is 0.375. The summed E-state index contributed by atoms with van der Waals surface area (Å²) < 4.78 is 29.3. The second kappa shape index (κ2) is 12.5. The molecule has 9 nitrogen and oxygen atoms in total. The number of amides is 2. The Morgan fingerprint density at radius 3 is 2.61 bits per heavy atom. The molecular formula is C24H27ClF2N4O5. The first-order chi connectivity index (χ1) is 17.2. The number of hydrogen-bond acceptors (Lipinski definition) is 6. The predicted octanol–water partition coefficient (Wildman–Crippen LogP) is 2.94. The highest BCUT2D eigenvalue weighted by molar-refractivity contribution is 6.30. The zero-order chi connectivity index (χ0) is 26.2. The van der Waals surface area contributed by atoms with Gasteiger partial charge in [0.25, 0.3) is 5.91 Å². The Balaban J connectivity index is 1.56. The molecule has 0 radical (unpaired) electrons. The first-order valence-corrected chi connectivity index (χ1v) is 11.6. The van der Waals surface area contributed by atoms with Crippen molar-refractivity contribution in [2.45, 2.75) is 45.1 Å². The lowest BCUT2D eigenvalue weighted by Gasteiger charge is -2.40. The zero-order valence-corrected chi connectivity index (χ0v) is 20.3. The molecule has 2 unspecified atom stereocenters. The molecule has 0 aliphatic carbocycles. The van der Waals surface area contributed by atoms with E-state index < -0.39 is 24.7 Å². The van der Waals surface area contributed by atoms with Crippen molar-refractivity contribution in [2.75, 3.05) is 13.2 Å². The van der Waals surface area contributed by atoms with Crippen molar-refractivity contribution in [2.24, 2.45) is 10.9 Å². The summed E-state index contributed by atoms with van der Waals surface area (Å²) in [6.45, 7) is -0.183. The number of nitrogens with zero attached hydrogens (tertiary/aromatic N) is 2. The molecular weight excluding hydrogens is 498 g/mol. The molecule has 3 rings (SSSR count). The van der Waals surface area contributed by atoms with Crippen molar-refractivity contribution in [3.63, 3.8) is 0 Å². The first-order valence-electron chi connectivity index (χ1n) is 11.3. The lowest BCUT2D eigenvalue weighted by atomic mass is 9.98. The van der Waals surface area contributed by atoms with Gasteiger partial charge in [-0.15, -0.1) is 0 Å². The number of alkyl halides is 2. The van der Waals surface area contributed by atoms with Crippen LogP contribution in [0, 0.1) is 0 Å². The molecule has 0 spiro atoms. The van der Waals surface area contributed by atoms with Crippen molar-refractivity contribution in [1.82, 2.24) is 10.2 Å². The number of oxime groups is 1. The maximum Gasteiger partial charge on any atom is 0.387 e. The van der Waals surface area contributed by atoms with Crippen LogP contribution in [0.2, 0.25) is 5.02 Å². The number of amidine groups is 1. The Morgan fingerprint density at radius 2 is 2.00 bits per heavy atom. The second-order valence-corrected chi connectivity index (χ2v) is 8.50. The van der Waals surface area contributed by atoms with E-state index in [2.05, 4.69) is 15.2 Å². The highest BCUT2D eigenvalue weighted by atomic mass is 35.5. The molecule has 1 saturated heterocycles. The van der Waals surface area contributed by atoms with Gasteiger partial charge < -0.3 is 30.6 Å². The fourth-order valence-corrected chi connectivity index (χ4v) is 3.73. The third kappa shape index (κ3) is 7.05. The minimum Gasteiger partial charge on any atom is -0.435 e. The van der Waals surface area contributed by atoms with Crippen LogP contribution in [-0.2, 0) is 21.0 Å². The van der Waals surface area contributed by atoms with Crippen molar-refractivity contribution >= 4 is 29.3 Å². The number of halogens is 3. The number of ether oxygens (including phenoxy) is 1. The standard InChI is InChI=1S/C24H27ClF2N4O5/c1-2-9-35-30-21(28)15-5-3-14(4-6-15)13-29-22(33)19-7-8-31(19)23(34)20(32)16-10-17(25)12-18(11-16)36-24(26)27/h3-6,10-12,19-20,24,32H,2,7-9,13H2,1H3,(H2,28,30)(H,29,33). The number of likely N-dealkylation sites (tertiary alicyclic amines) is 1. The molecule has 1 heterocycles. The molecule has 2 aromatic carbocycles. The number of nitrogens with two attached hydrogens (primary N) is 1. The van der Waals surface area contributed by atoms with Gasteiger partial charge in [-0.1, -0.05) is 47.9 Å². The summed E-state index contributed by atoms with van der Waals surface area (Å²) in [7, 11) is 0. The highest BCUT2D eigenvalue weighted by Crippen LogP contribution is 2.29. The number of benzene rings is 2. The smallest absolute Gasteiger partial charge is 0.387 e.